The quantitative estimate of drug-likeness (QED) is 0.744. The number of benzene rings is 1. The van der Waals surface area contributed by atoms with Gasteiger partial charge in [-0.15, -0.1) is 0 Å². The summed E-state index contributed by atoms with van der Waals surface area (Å²) in [6, 6.07) is 4.00. The molecule has 0 fully saturated rings. The van der Waals surface area contributed by atoms with Crippen LogP contribution < -0.4 is 15.6 Å². The van der Waals surface area contributed by atoms with Gasteiger partial charge in [0.2, 0.25) is 0 Å². The first-order valence-electron chi connectivity index (χ1n) is 5.76. The minimum absolute atomic E-state index is 0.0327. The van der Waals surface area contributed by atoms with E-state index < -0.39 is 0 Å². The lowest BCUT2D eigenvalue weighted by atomic mass is 10.1. The summed E-state index contributed by atoms with van der Waals surface area (Å²) in [7, 11) is 3.29. The summed E-state index contributed by atoms with van der Waals surface area (Å²) in [6.45, 7) is 4.42. The fraction of sp³-hybridized carbons (Fsp3) is 0.462. The Balaban J connectivity index is 2.56. The van der Waals surface area contributed by atoms with Gasteiger partial charge in [0.25, 0.3) is 5.91 Å². The van der Waals surface area contributed by atoms with E-state index in [1.165, 1.54) is 0 Å². The molecule has 0 atom stereocenters. The molecule has 0 aliphatic carbocycles. The van der Waals surface area contributed by atoms with Crippen LogP contribution in [0, 0.1) is 13.8 Å². The summed E-state index contributed by atoms with van der Waals surface area (Å²) in [5.41, 5.74) is 8.15. The van der Waals surface area contributed by atoms with E-state index in [9.17, 15) is 4.79 Å². The fourth-order valence-corrected chi connectivity index (χ4v) is 1.88. The van der Waals surface area contributed by atoms with Crippen molar-refractivity contribution in [2.75, 3.05) is 20.8 Å². The molecule has 0 heterocycles. The molecular formula is C13H20N2O3. The van der Waals surface area contributed by atoms with Gasteiger partial charge < -0.3 is 9.47 Å². The van der Waals surface area contributed by atoms with E-state index in [0.29, 0.717) is 6.61 Å². The molecule has 0 spiro atoms. The molecule has 0 aliphatic heterocycles. The van der Waals surface area contributed by atoms with Crippen molar-refractivity contribution in [3.63, 3.8) is 0 Å². The number of hydrogen-bond donors (Lipinski definition) is 2. The number of carbonyl (C=O) groups is 1. The molecule has 0 radical (unpaired) electrons. The van der Waals surface area contributed by atoms with Crippen LogP contribution in [0.1, 0.15) is 16.7 Å². The highest BCUT2D eigenvalue weighted by atomic mass is 16.5. The van der Waals surface area contributed by atoms with Crippen LogP contribution in [0.15, 0.2) is 12.1 Å². The predicted molar refractivity (Wildman–Crippen MR) is 69.3 cm³/mol. The fourth-order valence-electron chi connectivity index (χ4n) is 1.88. The van der Waals surface area contributed by atoms with Gasteiger partial charge in [-0.05, 0) is 30.5 Å². The Bertz CT molecular complexity index is 396. The van der Waals surface area contributed by atoms with Gasteiger partial charge in [0, 0.05) is 7.05 Å². The zero-order chi connectivity index (χ0) is 13.5. The van der Waals surface area contributed by atoms with Gasteiger partial charge in [0.15, 0.2) is 0 Å². The Hall–Kier alpha value is -1.59. The van der Waals surface area contributed by atoms with Gasteiger partial charge in [-0.1, -0.05) is 12.1 Å². The second-order valence-electron chi connectivity index (χ2n) is 4.05. The normalized spacial score (nSPS) is 10.2. The Kier molecular flexibility index (Phi) is 5.61. The number of nitrogens with one attached hydrogen (secondary N) is 2. The van der Waals surface area contributed by atoms with E-state index in [1.807, 2.05) is 26.0 Å². The van der Waals surface area contributed by atoms with Crippen LogP contribution in [0.3, 0.4) is 0 Å². The zero-order valence-corrected chi connectivity index (χ0v) is 11.3. The zero-order valence-electron chi connectivity index (χ0n) is 11.3. The van der Waals surface area contributed by atoms with Gasteiger partial charge in [-0.25, -0.2) is 5.43 Å². The van der Waals surface area contributed by atoms with Crippen molar-refractivity contribution in [1.82, 2.24) is 10.9 Å². The summed E-state index contributed by atoms with van der Waals surface area (Å²) in [6.07, 6.45) is 0. The smallest absolute Gasteiger partial charge is 0.260 e. The maximum atomic E-state index is 11.1. The van der Waals surface area contributed by atoms with Crippen molar-refractivity contribution in [3.8, 4) is 5.75 Å². The second kappa shape index (κ2) is 6.98. The Morgan fingerprint density at radius 2 is 1.89 bits per heavy atom. The summed E-state index contributed by atoms with van der Waals surface area (Å²) in [5.74, 6) is 0.700. The lowest BCUT2D eigenvalue weighted by molar-refractivity contribution is -0.126. The summed E-state index contributed by atoms with van der Waals surface area (Å²) in [4.78, 5) is 11.1. The molecule has 1 aromatic rings. The maximum absolute atomic E-state index is 11.1. The number of hydrazine groups is 1. The molecule has 0 saturated heterocycles. The molecule has 1 amide bonds. The van der Waals surface area contributed by atoms with Crippen molar-refractivity contribution < 1.29 is 14.3 Å². The Morgan fingerprint density at radius 1 is 1.28 bits per heavy atom. The van der Waals surface area contributed by atoms with E-state index in [-0.39, 0.29) is 12.5 Å². The largest absolute Gasteiger partial charge is 0.496 e. The van der Waals surface area contributed by atoms with Gasteiger partial charge >= 0.3 is 0 Å². The molecule has 100 valence electrons. The topological polar surface area (TPSA) is 59.6 Å². The number of ether oxygens (including phenoxy) is 2. The first-order chi connectivity index (χ1) is 8.58. The summed E-state index contributed by atoms with van der Waals surface area (Å²) < 4.78 is 10.6. The SMILES string of the molecule is CNNC(=O)COCc1cc(C)c(OC)c(C)c1. The molecule has 1 rings (SSSR count). The van der Waals surface area contributed by atoms with Crippen LogP contribution in [-0.4, -0.2) is 26.7 Å². The molecule has 18 heavy (non-hydrogen) atoms. The molecule has 2 N–H and O–H groups in total. The number of hydrogen-bond acceptors (Lipinski definition) is 4. The van der Waals surface area contributed by atoms with Crippen molar-refractivity contribution in [2.24, 2.45) is 0 Å². The first-order valence-corrected chi connectivity index (χ1v) is 5.76. The van der Waals surface area contributed by atoms with Gasteiger partial charge in [0.05, 0.1) is 13.7 Å². The number of methoxy groups -OCH3 is 1. The average molecular weight is 252 g/mol. The third kappa shape index (κ3) is 4.01. The van der Waals surface area contributed by atoms with Crippen LogP contribution >= 0.6 is 0 Å². The van der Waals surface area contributed by atoms with E-state index in [2.05, 4.69) is 10.9 Å². The Labute approximate surface area is 107 Å². The lowest BCUT2D eigenvalue weighted by Crippen LogP contribution is -2.36. The maximum Gasteiger partial charge on any atom is 0.260 e. The van der Waals surface area contributed by atoms with Gasteiger partial charge in [-0.3, -0.25) is 10.2 Å². The number of rotatable bonds is 6. The predicted octanol–water partition coefficient (Wildman–Crippen LogP) is 1.08. The van der Waals surface area contributed by atoms with Crippen molar-refractivity contribution >= 4 is 5.91 Å². The van der Waals surface area contributed by atoms with Crippen molar-refractivity contribution in [1.29, 1.82) is 0 Å². The molecule has 0 unspecified atom stereocenters. The van der Waals surface area contributed by atoms with Crippen molar-refractivity contribution in [3.05, 3.63) is 28.8 Å². The molecule has 5 nitrogen and oxygen atoms in total. The van der Waals surface area contributed by atoms with Crippen LogP contribution in [0.4, 0.5) is 0 Å². The molecule has 0 aromatic heterocycles. The summed E-state index contributed by atoms with van der Waals surface area (Å²) in [5, 5.41) is 0. The van der Waals surface area contributed by atoms with Crippen LogP contribution in [0.5, 0.6) is 5.75 Å². The standard InChI is InChI=1S/C13H20N2O3/c1-9-5-11(6-10(2)13(9)17-4)7-18-8-12(16)15-14-3/h5-6,14H,7-8H2,1-4H3,(H,15,16). The molecule has 0 aliphatic rings. The molecule has 0 bridgehead atoms. The van der Waals surface area contributed by atoms with E-state index in [0.717, 1.165) is 22.4 Å². The Morgan fingerprint density at radius 3 is 2.39 bits per heavy atom. The molecule has 1 aromatic carbocycles. The monoisotopic (exact) mass is 252 g/mol. The third-order valence-electron chi connectivity index (χ3n) is 2.49. The average Bonchev–Trinajstić information content (AvgIpc) is 2.29. The van der Waals surface area contributed by atoms with E-state index in [1.54, 1.807) is 14.2 Å². The van der Waals surface area contributed by atoms with Crippen LogP contribution in [-0.2, 0) is 16.1 Å². The number of aryl methyl sites for hydroxylation is 2. The lowest BCUT2D eigenvalue weighted by Gasteiger charge is -2.11. The van der Waals surface area contributed by atoms with Crippen LogP contribution in [0.2, 0.25) is 0 Å². The summed E-state index contributed by atoms with van der Waals surface area (Å²) >= 11 is 0. The number of amides is 1. The minimum Gasteiger partial charge on any atom is -0.496 e. The van der Waals surface area contributed by atoms with E-state index in [4.69, 9.17) is 9.47 Å². The molecular weight excluding hydrogens is 232 g/mol. The highest BCUT2D eigenvalue weighted by Crippen LogP contribution is 2.24. The highest BCUT2D eigenvalue weighted by Gasteiger charge is 2.06. The highest BCUT2D eigenvalue weighted by molar-refractivity contribution is 5.76. The van der Waals surface area contributed by atoms with Crippen LogP contribution in [0.25, 0.3) is 0 Å². The third-order valence-corrected chi connectivity index (χ3v) is 2.49. The van der Waals surface area contributed by atoms with Gasteiger partial charge in [0.1, 0.15) is 12.4 Å². The van der Waals surface area contributed by atoms with Crippen molar-refractivity contribution in [2.45, 2.75) is 20.5 Å². The first kappa shape index (κ1) is 14.5. The van der Waals surface area contributed by atoms with E-state index >= 15 is 0 Å². The van der Waals surface area contributed by atoms with Gasteiger partial charge in [-0.2, -0.15) is 0 Å². The second-order valence-corrected chi connectivity index (χ2v) is 4.05. The molecule has 0 saturated carbocycles. The number of carbonyl (C=O) groups excluding carboxylic acids is 1. The molecule has 5 heteroatoms. The minimum atomic E-state index is -0.195.